The highest BCUT2D eigenvalue weighted by molar-refractivity contribution is 14.0. The molecular weight excluding hydrogens is 363 g/mol. The third kappa shape index (κ3) is 6.61. The number of piperidine rings is 1. The summed E-state index contributed by atoms with van der Waals surface area (Å²) in [5, 5.41) is 6.99. The summed E-state index contributed by atoms with van der Waals surface area (Å²) in [6.45, 7) is 10.1. The highest BCUT2D eigenvalue weighted by atomic mass is 127. The van der Waals surface area contributed by atoms with Gasteiger partial charge in [0.05, 0.1) is 0 Å². The Kier molecular flexibility index (Phi) is 8.84. The van der Waals surface area contributed by atoms with E-state index in [1.165, 1.54) is 51.7 Å². The molecule has 0 amide bonds. The number of hydrogen-bond donors (Lipinski definition) is 2. The van der Waals surface area contributed by atoms with Gasteiger partial charge in [0.1, 0.15) is 0 Å². The van der Waals surface area contributed by atoms with Crippen molar-refractivity contribution in [2.24, 2.45) is 10.9 Å². The first kappa shape index (κ1) is 18.0. The molecule has 2 fully saturated rings. The lowest BCUT2D eigenvalue weighted by Gasteiger charge is -2.32. The Labute approximate surface area is 141 Å². The van der Waals surface area contributed by atoms with Gasteiger partial charge in [-0.25, -0.2) is 0 Å². The van der Waals surface area contributed by atoms with Gasteiger partial charge in [0.15, 0.2) is 5.96 Å². The molecule has 0 spiro atoms. The minimum absolute atomic E-state index is 0. The molecule has 4 nitrogen and oxygen atoms in total. The van der Waals surface area contributed by atoms with E-state index < -0.39 is 0 Å². The maximum absolute atomic E-state index is 4.71. The third-order valence-electron chi connectivity index (χ3n) is 4.02. The lowest BCUT2D eigenvalue weighted by molar-refractivity contribution is 0.206. The highest BCUT2D eigenvalue weighted by Gasteiger charge is 2.22. The van der Waals surface area contributed by atoms with Crippen LogP contribution in [0.3, 0.4) is 0 Å². The van der Waals surface area contributed by atoms with Crippen LogP contribution in [0, 0.1) is 5.92 Å². The van der Waals surface area contributed by atoms with Gasteiger partial charge in [-0.15, -0.1) is 24.0 Å². The van der Waals surface area contributed by atoms with Crippen LogP contribution in [0.15, 0.2) is 4.99 Å². The topological polar surface area (TPSA) is 39.7 Å². The van der Waals surface area contributed by atoms with E-state index in [0.29, 0.717) is 6.04 Å². The summed E-state index contributed by atoms with van der Waals surface area (Å²) in [5.41, 5.74) is 0. The SMILES string of the molecule is CCCN1CCC(NC(=NCC2CC2)NCC)CC1.I. The van der Waals surface area contributed by atoms with Crippen LogP contribution in [0.1, 0.15) is 46.0 Å². The molecule has 1 heterocycles. The van der Waals surface area contributed by atoms with E-state index in [2.05, 4.69) is 29.4 Å². The Hall–Kier alpha value is -0.0400. The largest absolute Gasteiger partial charge is 0.357 e. The van der Waals surface area contributed by atoms with Crippen molar-refractivity contribution in [3.8, 4) is 0 Å². The van der Waals surface area contributed by atoms with E-state index in [-0.39, 0.29) is 24.0 Å². The summed E-state index contributed by atoms with van der Waals surface area (Å²) in [7, 11) is 0. The molecule has 20 heavy (non-hydrogen) atoms. The van der Waals surface area contributed by atoms with Gasteiger partial charge in [-0.1, -0.05) is 6.92 Å². The second kappa shape index (κ2) is 9.82. The van der Waals surface area contributed by atoms with Crippen LogP contribution in [-0.2, 0) is 0 Å². The average Bonchev–Trinajstić information content (AvgIpc) is 3.23. The summed E-state index contributed by atoms with van der Waals surface area (Å²) < 4.78 is 0. The molecule has 1 aliphatic carbocycles. The predicted molar refractivity (Wildman–Crippen MR) is 97.0 cm³/mol. The first-order valence-electron chi connectivity index (χ1n) is 8.09. The van der Waals surface area contributed by atoms with Gasteiger partial charge in [0.25, 0.3) is 0 Å². The van der Waals surface area contributed by atoms with E-state index >= 15 is 0 Å². The Morgan fingerprint density at radius 2 is 1.85 bits per heavy atom. The van der Waals surface area contributed by atoms with Crippen LogP contribution >= 0.6 is 24.0 Å². The summed E-state index contributed by atoms with van der Waals surface area (Å²) in [6, 6.07) is 0.602. The smallest absolute Gasteiger partial charge is 0.191 e. The van der Waals surface area contributed by atoms with E-state index in [1.807, 2.05) is 0 Å². The molecule has 118 valence electrons. The van der Waals surface area contributed by atoms with Crippen molar-refractivity contribution in [1.82, 2.24) is 15.5 Å². The second-order valence-corrected chi connectivity index (χ2v) is 5.92. The summed E-state index contributed by atoms with van der Waals surface area (Å²) in [5.74, 6) is 1.89. The van der Waals surface area contributed by atoms with Crippen LogP contribution in [0.4, 0.5) is 0 Å². The zero-order valence-corrected chi connectivity index (χ0v) is 15.4. The van der Waals surface area contributed by atoms with Crippen LogP contribution in [-0.4, -0.2) is 49.6 Å². The van der Waals surface area contributed by atoms with Crippen molar-refractivity contribution in [1.29, 1.82) is 0 Å². The normalized spacial score (nSPS) is 21.4. The lowest BCUT2D eigenvalue weighted by Crippen LogP contribution is -2.48. The molecule has 0 radical (unpaired) electrons. The summed E-state index contributed by atoms with van der Waals surface area (Å²) >= 11 is 0. The first-order valence-corrected chi connectivity index (χ1v) is 8.09. The monoisotopic (exact) mass is 394 g/mol. The molecule has 0 unspecified atom stereocenters. The number of guanidine groups is 1. The van der Waals surface area contributed by atoms with Crippen molar-refractivity contribution in [2.75, 3.05) is 32.7 Å². The van der Waals surface area contributed by atoms with E-state index in [9.17, 15) is 0 Å². The van der Waals surface area contributed by atoms with Crippen LogP contribution in [0.25, 0.3) is 0 Å². The maximum atomic E-state index is 4.71. The zero-order chi connectivity index (χ0) is 13.5. The van der Waals surface area contributed by atoms with Crippen molar-refractivity contribution < 1.29 is 0 Å². The minimum Gasteiger partial charge on any atom is -0.357 e. The van der Waals surface area contributed by atoms with Gasteiger partial charge in [-0.05, 0) is 51.5 Å². The molecular formula is C15H31IN4. The highest BCUT2D eigenvalue weighted by Crippen LogP contribution is 2.28. The van der Waals surface area contributed by atoms with Crippen LogP contribution < -0.4 is 10.6 Å². The van der Waals surface area contributed by atoms with E-state index in [4.69, 9.17) is 4.99 Å². The first-order chi connectivity index (χ1) is 9.31. The average molecular weight is 394 g/mol. The molecule has 1 aliphatic heterocycles. The van der Waals surface area contributed by atoms with Gasteiger partial charge >= 0.3 is 0 Å². The molecule has 5 heteroatoms. The van der Waals surface area contributed by atoms with Crippen LogP contribution in [0.5, 0.6) is 0 Å². The summed E-state index contributed by atoms with van der Waals surface area (Å²) in [6.07, 6.45) is 6.50. The van der Waals surface area contributed by atoms with Gasteiger partial charge in [0.2, 0.25) is 0 Å². The standard InChI is InChI=1S/C15H30N4.HI/c1-3-9-19-10-7-14(8-11-19)18-15(16-4-2)17-12-13-5-6-13;/h13-14H,3-12H2,1-2H3,(H2,16,17,18);1H. The van der Waals surface area contributed by atoms with Crippen molar-refractivity contribution in [3.05, 3.63) is 0 Å². The molecule has 2 rings (SSSR count). The maximum Gasteiger partial charge on any atom is 0.191 e. The molecule has 0 bridgehead atoms. The molecule has 0 aromatic heterocycles. The second-order valence-electron chi connectivity index (χ2n) is 5.92. The number of hydrogen-bond acceptors (Lipinski definition) is 2. The number of nitrogens with zero attached hydrogens (tertiary/aromatic N) is 2. The van der Waals surface area contributed by atoms with E-state index in [1.54, 1.807) is 0 Å². The molecule has 1 saturated heterocycles. The Morgan fingerprint density at radius 3 is 2.40 bits per heavy atom. The van der Waals surface area contributed by atoms with Crippen molar-refractivity contribution >= 4 is 29.9 Å². The summed E-state index contributed by atoms with van der Waals surface area (Å²) in [4.78, 5) is 7.28. The number of rotatable bonds is 6. The van der Waals surface area contributed by atoms with Crippen LogP contribution in [0.2, 0.25) is 0 Å². The predicted octanol–water partition coefficient (Wildman–Crippen LogP) is 2.44. The van der Waals surface area contributed by atoms with Gasteiger partial charge in [-0.3, -0.25) is 4.99 Å². The number of halogens is 1. The fourth-order valence-corrected chi connectivity index (χ4v) is 2.65. The molecule has 1 saturated carbocycles. The van der Waals surface area contributed by atoms with Gasteiger partial charge in [-0.2, -0.15) is 0 Å². The quantitative estimate of drug-likeness (QED) is 0.413. The van der Waals surface area contributed by atoms with E-state index in [0.717, 1.165) is 25.0 Å². The Bertz CT molecular complexity index is 284. The molecule has 0 aromatic rings. The molecule has 0 aromatic carbocycles. The van der Waals surface area contributed by atoms with Crippen molar-refractivity contribution in [2.45, 2.75) is 52.0 Å². The zero-order valence-electron chi connectivity index (χ0n) is 13.0. The third-order valence-corrected chi connectivity index (χ3v) is 4.02. The van der Waals surface area contributed by atoms with Crippen molar-refractivity contribution in [3.63, 3.8) is 0 Å². The van der Waals surface area contributed by atoms with Gasteiger partial charge < -0.3 is 15.5 Å². The Balaban J connectivity index is 0.00000200. The molecule has 2 aliphatic rings. The van der Waals surface area contributed by atoms with Gasteiger partial charge in [0, 0.05) is 32.2 Å². The number of aliphatic imine (C=N–C) groups is 1. The minimum atomic E-state index is 0. The molecule has 0 atom stereocenters. The fourth-order valence-electron chi connectivity index (χ4n) is 2.65. The molecule has 2 N–H and O–H groups in total. The number of nitrogens with one attached hydrogen (secondary N) is 2. The lowest BCUT2D eigenvalue weighted by atomic mass is 10.1. The number of likely N-dealkylation sites (tertiary alicyclic amines) is 1. The fraction of sp³-hybridized carbons (Fsp3) is 0.933. The Morgan fingerprint density at radius 1 is 1.15 bits per heavy atom.